The Kier molecular flexibility index (Phi) is 2.19. The molecule has 3 nitrogen and oxygen atoms in total. The fraction of sp³-hybridized carbons (Fsp3) is 0.833. The largest absolute Gasteiger partial charge is 0.353 e. The van der Waals surface area contributed by atoms with E-state index in [0.717, 1.165) is 6.29 Å². The number of carbonyl (C=O) groups is 1. The molecule has 0 amide bonds. The molecule has 0 aromatic heterocycles. The highest BCUT2D eigenvalue weighted by molar-refractivity contribution is 5.55. The van der Waals surface area contributed by atoms with Crippen LogP contribution in [0.2, 0.25) is 0 Å². The molecule has 1 aliphatic heterocycles. The molecule has 0 radical (unpaired) electrons. The van der Waals surface area contributed by atoms with Gasteiger partial charge in [-0.2, -0.15) is 0 Å². The fourth-order valence-corrected chi connectivity index (χ4v) is 0.804. The molecule has 1 heterocycles. The second kappa shape index (κ2) is 2.94. The molecule has 0 unspecified atom stereocenters. The highest BCUT2D eigenvalue weighted by atomic mass is 16.7. The molecule has 1 rings (SSSR count). The van der Waals surface area contributed by atoms with E-state index in [0.29, 0.717) is 13.0 Å². The summed E-state index contributed by atoms with van der Waals surface area (Å²) in [6.07, 6.45) is 1.05. The first-order chi connectivity index (χ1) is 4.33. The molecule has 0 saturated carbocycles. The van der Waals surface area contributed by atoms with Crippen LogP contribution in [0.3, 0.4) is 0 Å². The third-order valence-corrected chi connectivity index (χ3v) is 1.27. The molecule has 1 fully saturated rings. The van der Waals surface area contributed by atoms with Crippen LogP contribution in [0.5, 0.6) is 0 Å². The first-order valence-electron chi connectivity index (χ1n) is 3.05. The number of aldehydes is 1. The third-order valence-electron chi connectivity index (χ3n) is 1.27. The van der Waals surface area contributed by atoms with Crippen molar-refractivity contribution in [2.45, 2.75) is 25.7 Å². The Balaban J connectivity index is 2.31. The summed E-state index contributed by atoms with van der Waals surface area (Å²) >= 11 is 0. The van der Waals surface area contributed by atoms with Gasteiger partial charge in [0.05, 0.1) is 6.61 Å². The van der Waals surface area contributed by atoms with Crippen molar-refractivity contribution in [3.8, 4) is 0 Å². The van der Waals surface area contributed by atoms with E-state index in [2.05, 4.69) is 0 Å². The van der Waals surface area contributed by atoms with Crippen LogP contribution >= 0.6 is 0 Å². The lowest BCUT2D eigenvalue weighted by molar-refractivity contribution is -0.197. The van der Waals surface area contributed by atoms with Crippen molar-refractivity contribution in [2.24, 2.45) is 0 Å². The highest BCUT2D eigenvalue weighted by Gasteiger charge is 2.17. The minimum atomic E-state index is -0.242. The maximum Gasteiger partial charge on any atom is 0.155 e. The van der Waals surface area contributed by atoms with Crippen LogP contribution in [0.1, 0.15) is 13.3 Å². The maximum atomic E-state index is 10.1. The lowest BCUT2D eigenvalue weighted by Crippen LogP contribution is -2.30. The van der Waals surface area contributed by atoms with Crippen molar-refractivity contribution in [1.29, 1.82) is 0 Å². The quantitative estimate of drug-likeness (QED) is 0.480. The summed E-state index contributed by atoms with van der Waals surface area (Å²) in [5.41, 5.74) is 0. The van der Waals surface area contributed by atoms with E-state index in [4.69, 9.17) is 9.47 Å². The van der Waals surface area contributed by atoms with E-state index in [1.807, 2.05) is 0 Å². The molecule has 52 valence electrons. The Morgan fingerprint density at radius 1 is 1.67 bits per heavy atom. The van der Waals surface area contributed by atoms with E-state index in [1.165, 1.54) is 0 Å². The molecule has 3 heteroatoms. The molecule has 0 aliphatic carbocycles. The number of rotatable bonds is 1. The van der Waals surface area contributed by atoms with Gasteiger partial charge in [-0.05, 0) is 6.92 Å². The first-order valence-corrected chi connectivity index (χ1v) is 3.05. The SMILES string of the molecule is C[C@@H]1OCC[C@H](C=O)O1. The molecule has 0 aromatic rings. The van der Waals surface area contributed by atoms with Crippen LogP contribution in [0.15, 0.2) is 0 Å². The first kappa shape index (κ1) is 6.71. The van der Waals surface area contributed by atoms with Crippen molar-refractivity contribution < 1.29 is 14.3 Å². The van der Waals surface area contributed by atoms with Crippen LogP contribution in [0.4, 0.5) is 0 Å². The van der Waals surface area contributed by atoms with Gasteiger partial charge >= 0.3 is 0 Å². The molecule has 1 saturated heterocycles. The van der Waals surface area contributed by atoms with Gasteiger partial charge in [0.15, 0.2) is 6.29 Å². The zero-order valence-electron chi connectivity index (χ0n) is 5.37. The summed E-state index contributed by atoms with van der Waals surface area (Å²) in [6.45, 7) is 2.42. The highest BCUT2D eigenvalue weighted by Crippen LogP contribution is 2.08. The van der Waals surface area contributed by atoms with E-state index in [-0.39, 0.29) is 12.4 Å². The van der Waals surface area contributed by atoms with Crippen LogP contribution in [-0.2, 0) is 14.3 Å². The number of hydrogen-bond donors (Lipinski definition) is 0. The van der Waals surface area contributed by atoms with Crippen LogP contribution in [0.25, 0.3) is 0 Å². The lowest BCUT2D eigenvalue weighted by atomic mass is 10.3. The standard InChI is InChI=1S/C6H10O3/c1-5-8-3-2-6(4-7)9-5/h4-6H,2-3H2,1H3/t5-,6-/m1/s1. The number of ether oxygens (including phenoxy) is 2. The maximum absolute atomic E-state index is 10.1. The molecule has 0 aromatic carbocycles. The molecule has 9 heavy (non-hydrogen) atoms. The summed E-state index contributed by atoms with van der Waals surface area (Å²) in [6, 6.07) is 0. The summed E-state index contributed by atoms with van der Waals surface area (Å²) in [7, 11) is 0. The van der Waals surface area contributed by atoms with Gasteiger partial charge < -0.3 is 14.3 Å². The Morgan fingerprint density at radius 3 is 2.89 bits per heavy atom. The Morgan fingerprint density at radius 2 is 2.44 bits per heavy atom. The monoisotopic (exact) mass is 130 g/mol. The third kappa shape index (κ3) is 1.77. The smallest absolute Gasteiger partial charge is 0.155 e. The fourth-order valence-electron chi connectivity index (χ4n) is 0.804. The Labute approximate surface area is 53.9 Å². The summed E-state index contributed by atoms with van der Waals surface area (Å²) < 4.78 is 10.1. The van der Waals surface area contributed by atoms with Gasteiger partial charge in [-0.3, -0.25) is 0 Å². The zero-order valence-corrected chi connectivity index (χ0v) is 5.37. The van der Waals surface area contributed by atoms with Crippen molar-refractivity contribution in [3.05, 3.63) is 0 Å². The minimum Gasteiger partial charge on any atom is -0.353 e. The van der Waals surface area contributed by atoms with Gasteiger partial charge in [0.25, 0.3) is 0 Å². The molecular weight excluding hydrogens is 120 g/mol. The predicted molar refractivity (Wildman–Crippen MR) is 31.0 cm³/mol. The molecule has 0 N–H and O–H groups in total. The van der Waals surface area contributed by atoms with Gasteiger partial charge in [-0.1, -0.05) is 0 Å². The van der Waals surface area contributed by atoms with Crippen molar-refractivity contribution >= 4 is 6.29 Å². The molecule has 1 aliphatic rings. The van der Waals surface area contributed by atoms with Gasteiger partial charge in [0.1, 0.15) is 12.4 Å². The zero-order chi connectivity index (χ0) is 6.69. The topological polar surface area (TPSA) is 35.5 Å². The van der Waals surface area contributed by atoms with E-state index in [1.54, 1.807) is 6.92 Å². The van der Waals surface area contributed by atoms with Crippen molar-refractivity contribution in [2.75, 3.05) is 6.61 Å². The number of carbonyl (C=O) groups excluding carboxylic acids is 1. The summed E-state index contributed by atoms with van der Waals surface area (Å²) in [5.74, 6) is 0. The Bertz CT molecular complexity index is 102. The van der Waals surface area contributed by atoms with E-state index >= 15 is 0 Å². The normalized spacial score (nSPS) is 36.1. The van der Waals surface area contributed by atoms with Gasteiger partial charge in [0, 0.05) is 6.42 Å². The average Bonchev–Trinajstić information content (AvgIpc) is 1.88. The van der Waals surface area contributed by atoms with Crippen LogP contribution < -0.4 is 0 Å². The molecule has 0 bridgehead atoms. The molecule has 2 atom stereocenters. The van der Waals surface area contributed by atoms with Gasteiger partial charge in [-0.15, -0.1) is 0 Å². The number of hydrogen-bond acceptors (Lipinski definition) is 3. The van der Waals surface area contributed by atoms with Crippen LogP contribution in [0, 0.1) is 0 Å². The molecule has 0 spiro atoms. The van der Waals surface area contributed by atoms with Crippen molar-refractivity contribution in [3.63, 3.8) is 0 Å². The summed E-state index contributed by atoms with van der Waals surface area (Å²) in [5, 5.41) is 0. The van der Waals surface area contributed by atoms with Crippen LogP contribution in [-0.4, -0.2) is 25.3 Å². The predicted octanol–water partition coefficient (Wildman–Crippen LogP) is 0.337. The van der Waals surface area contributed by atoms with Crippen molar-refractivity contribution in [1.82, 2.24) is 0 Å². The van der Waals surface area contributed by atoms with E-state index < -0.39 is 0 Å². The van der Waals surface area contributed by atoms with Gasteiger partial charge in [-0.25, -0.2) is 0 Å². The second-order valence-corrected chi connectivity index (χ2v) is 2.04. The molecular formula is C6H10O3. The van der Waals surface area contributed by atoms with Gasteiger partial charge in [0.2, 0.25) is 0 Å². The Hall–Kier alpha value is -0.410. The van der Waals surface area contributed by atoms with E-state index in [9.17, 15) is 4.79 Å². The average molecular weight is 130 g/mol. The minimum absolute atomic E-state index is 0.214. The second-order valence-electron chi connectivity index (χ2n) is 2.04. The summed E-state index contributed by atoms with van der Waals surface area (Å²) in [4.78, 5) is 10.1. The lowest BCUT2D eigenvalue weighted by Gasteiger charge is -2.23.